The van der Waals surface area contributed by atoms with E-state index >= 15 is 0 Å². The van der Waals surface area contributed by atoms with Gasteiger partial charge in [-0.2, -0.15) is 4.39 Å². The quantitative estimate of drug-likeness (QED) is 0.891. The van der Waals surface area contributed by atoms with E-state index in [1.165, 1.54) is 6.33 Å². The minimum absolute atomic E-state index is 0.00526. The number of fused-ring (bicyclic) bond motifs is 1. The van der Waals surface area contributed by atoms with E-state index in [0.29, 0.717) is 18.0 Å². The van der Waals surface area contributed by atoms with E-state index in [4.69, 9.17) is 10.5 Å². The van der Waals surface area contributed by atoms with E-state index in [1.807, 2.05) is 12.1 Å². The van der Waals surface area contributed by atoms with Gasteiger partial charge in [-0.15, -0.1) is 0 Å². The van der Waals surface area contributed by atoms with E-state index in [-0.39, 0.29) is 11.6 Å². The third kappa shape index (κ3) is 2.03. The molecule has 1 aliphatic heterocycles. The summed E-state index contributed by atoms with van der Waals surface area (Å²) < 4.78 is 19.1. The number of benzene rings is 1. The van der Waals surface area contributed by atoms with Crippen molar-refractivity contribution in [2.45, 2.75) is 6.54 Å². The van der Waals surface area contributed by atoms with Crippen LogP contribution < -0.4 is 15.8 Å². The number of nitrogens with one attached hydrogen (secondary N) is 1. The molecule has 3 rings (SSSR count). The standard InChI is InChI=1S/C13H12FN5O/c1-20-10-3-8-5-16-4-7(8)2-9(10)19-13-11(14)12(15)17-6-18-13/h2-4,6H,5H2,1H3,(H3,15,17,18,19). The molecule has 0 atom stereocenters. The van der Waals surface area contributed by atoms with Crippen molar-refractivity contribution in [3.63, 3.8) is 0 Å². The average molecular weight is 273 g/mol. The third-order valence-electron chi connectivity index (χ3n) is 3.02. The minimum atomic E-state index is -0.691. The van der Waals surface area contributed by atoms with Crippen LogP contribution in [0.4, 0.5) is 21.7 Å². The molecule has 0 spiro atoms. The Balaban J connectivity index is 2.02. The normalized spacial score (nSPS) is 12.3. The zero-order valence-corrected chi connectivity index (χ0v) is 10.7. The van der Waals surface area contributed by atoms with Crippen LogP contribution in [0, 0.1) is 5.82 Å². The second-order valence-electron chi connectivity index (χ2n) is 4.27. The van der Waals surface area contributed by atoms with E-state index in [2.05, 4.69) is 20.3 Å². The number of nitrogen functional groups attached to an aromatic ring is 1. The van der Waals surface area contributed by atoms with Crippen molar-refractivity contribution < 1.29 is 9.13 Å². The maximum atomic E-state index is 13.8. The molecule has 0 saturated heterocycles. The van der Waals surface area contributed by atoms with Gasteiger partial charge < -0.3 is 15.8 Å². The number of nitrogens with two attached hydrogens (primary N) is 1. The third-order valence-corrected chi connectivity index (χ3v) is 3.02. The van der Waals surface area contributed by atoms with Gasteiger partial charge in [-0.25, -0.2) is 9.97 Å². The van der Waals surface area contributed by atoms with Gasteiger partial charge in [-0.1, -0.05) is 0 Å². The van der Waals surface area contributed by atoms with E-state index in [0.717, 1.165) is 11.1 Å². The maximum absolute atomic E-state index is 13.8. The van der Waals surface area contributed by atoms with Crippen LogP contribution in [0.25, 0.3) is 0 Å². The molecule has 2 heterocycles. The summed E-state index contributed by atoms with van der Waals surface area (Å²) in [7, 11) is 1.55. The van der Waals surface area contributed by atoms with Gasteiger partial charge in [0.2, 0.25) is 5.82 Å². The van der Waals surface area contributed by atoms with Crippen molar-refractivity contribution >= 4 is 23.5 Å². The van der Waals surface area contributed by atoms with Crippen molar-refractivity contribution in [2.24, 2.45) is 4.99 Å². The van der Waals surface area contributed by atoms with Crippen molar-refractivity contribution in [2.75, 3.05) is 18.2 Å². The number of aromatic nitrogens is 2. The largest absolute Gasteiger partial charge is 0.495 e. The number of hydrogen-bond donors (Lipinski definition) is 2. The summed E-state index contributed by atoms with van der Waals surface area (Å²) in [6, 6.07) is 3.70. The van der Waals surface area contributed by atoms with Crippen LogP contribution in [-0.2, 0) is 6.54 Å². The van der Waals surface area contributed by atoms with Crippen molar-refractivity contribution in [3.8, 4) is 5.75 Å². The topological polar surface area (TPSA) is 85.4 Å². The van der Waals surface area contributed by atoms with Crippen LogP contribution in [0.3, 0.4) is 0 Å². The van der Waals surface area contributed by atoms with Gasteiger partial charge in [0.15, 0.2) is 11.6 Å². The first-order chi connectivity index (χ1) is 9.69. The predicted molar refractivity (Wildman–Crippen MR) is 74.0 cm³/mol. The Labute approximate surface area is 114 Å². The smallest absolute Gasteiger partial charge is 0.207 e. The van der Waals surface area contributed by atoms with Gasteiger partial charge in [0, 0.05) is 6.21 Å². The van der Waals surface area contributed by atoms with E-state index < -0.39 is 5.82 Å². The number of nitrogens with zero attached hydrogens (tertiary/aromatic N) is 3. The summed E-state index contributed by atoms with van der Waals surface area (Å²) in [6.45, 7) is 0.626. The molecule has 0 fully saturated rings. The van der Waals surface area contributed by atoms with Crippen LogP contribution >= 0.6 is 0 Å². The molecule has 20 heavy (non-hydrogen) atoms. The number of rotatable bonds is 3. The van der Waals surface area contributed by atoms with E-state index in [1.54, 1.807) is 13.3 Å². The molecule has 6 nitrogen and oxygen atoms in total. The molecule has 0 unspecified atom stereocenters. The Kier molecular flexibility index (Phi) is 2.94. The first-order valence-corrected chi connectivity index (χ1v) is 5.92. The Morgan fingerprint density at radius 3 is 3.00 bits per heavy atom. The number of ether oxygens (including phenoxy) is 1. The maximum Gasteiger partial charge on any atom is 0.207 e. The fourth-order valence-electron chi connectivity index (χ4n) is 2.00. The molecule has 0 amide bonds. The predicted octanol–water partition coefficient (Wildman–Crippen LogP) is 1.88. The average Bonchev–Trinajstić information content (AvgIpc) is 2.90. The van der Waals surface area contributed by atoms with Gasteiger partial charge >= 0.3 is 0 Å². The fraction of sp³-hybridized carbons (Fsp3) is 0.154. The first-order valence-electron chi connectivity index (χ1n) is 5.92. The van der Waals surface area contributed by atoms with Crippen molar-refractivity contribution in [1.29, 1.82) is 0 Å². The highest BCUT2D eigenvalue weighted by atomic mass is 19.1. The zero-order chi connectivity index (χ0) is 14.1. The van der Waals surface area contributed by atoms with Crippen LogP contribution in [0.5, 0.6) is 5.75 Å². The number of hydrogen-bond acceptors (Lipinski definition) is 6. The van der Waals surface area contributed by atoms with Gasteiger partial charge in [0.25, 0.3) is 0 Å². The molecule has 0 bridgehead atoms. The summed E-state index contributed by atoms with van der Waals surface area (Å²) in [4.78, 5) is 11.6. The fourth-order valence-corrected chi connectivity index (χ4v) is 2.00. The molecule has 0 radical (unpaired) electrons. The van der Waals surface area contributed by atoms with Crippen LogP contribution in [0.1, 0.15) is 11.1 Å². The van der Waals surface area contributed by atoms with Crippen molar-refractivity contribution in [1.82, 2.24) is 9.97 Å². The summed E-state index contributed by atoms with van der Waals surface area (Å²) in [5.74, 6) is -0.301. The van der Waals surface area contributed by atoms with E-state index in [9.17, 15) is 4.39 Å². The molecule has 7 heteroatoms. The molecular weight excluding hydrogens is 261 g/mol. The number of halogens is 1. The highest BCUT2D eigenvalue weighted by Crippen LogP contribution is 2.32. The summed E-state index contributed by atoms with van der Waals surface area (Å²) in [5.41, 5.74) is 8.04. The highest BCUT2D eigenvalue weighted by molar-refractivity contribution is 5.88. The molecule has 1 aromatic heterocycles. The SMILES string of the molecule is COc1cc2c(cc1Nc1ncnc(N)c1F)C=NC2. The lowest BCUT2D eigenvalue weighted by Crippen LogP contribution is -2.04. The second-order valence-corrected chi connectivity index (χ2v) is 4.27. The van der Waals surface area contributed by atoms with Crippen molar-refractivity contribution in [3.05, 3.63) is 35.4 Å². The highest BCUT2D eigenvalue weighted by Gasteiger charge is 2.15. The zero-order valence-electron chi connectivity index (χ0n) is 10.7. The summed E-state index contributed by atoms with van der Waals surface area (Å²) in [5, 5.41) is 2.87. The van der Waals surface area contributed by atoms with Gasteiger partial charge in [0.05, 0.1) is 19.3 Å². The number of methoxy groups -OCH3 is 1. The molecular formula is C13H12FN5O. The second kappa shape index (κ2) is 4.76. The Morgan fingerprint density at radius 2 is 2.20 bits per heavy atom. The van der Waals surface area contributed by atoms with Crippen LogP contribution in [0.2, 0.25) is 0 Å². The molecule has 3 N–H and O–H groups in total. The monoisotopic (exact) mass is 273 g/mol. The lowest BCUT2D eigenvalue weighted by atomic mass is 10.1. The summed E-state index contributed by atoms with van der Waals surface area (Å²) in [6.07, 6.45) is 2.96. The summed E-state index contributed by atoms with van der Waals surface area (Å²) >= 11 is 0. The van der Waals surface area contributed by atoms with Crippen LogP contribution in [-0.4, -0.2) is 23.3 Å². The van der Waals surface area contributed by atoms with Crippen LogP contribution in [0.15, 0.2) is 23.5 Å². The molecule has 0 aliphatic carbocycles. The van der Waals surface area contributed by atoms with Gasteiger partial charge in [0.1, 0.15) is 12.1 Å². The van der Waals surface area contributed by atoms with Gasteiger partial charge in [-0.05, 0) is 23.3 Å². The number of aliphatic imine (C=N–C) groups is 1. The first kappa shape index (κ1) is 12.3. The van der Waals surface area contributed by atoms with Gasteiger partial charge in [-0.3, -0.25) is 4.99 Å². The Morgan fingerprint density at radius 1 is 1.35 bits per heavy atom. The Hall–Kier alpha value is -2.70. The lowest BCUT2D eigenvalue weighted by molar-refractivity contribution is 0.416. The molecule has 1 aliphatic rings. The number of anilines is 3. The molecule has 2 aromatic rings. The minimum Gasteiger partial charge on any atom is -0.495 e. The molecule has 1 aromatic carbocycles. The molecule has 102 valence electrons. The lowest BCUT2D eigenvalue weighted by Gasteiger charge is -2.13. The Bertz CT molecular complexity index is 701. The molecule has 0 saturated carbocycles.